The van der Waals surface area contributed by atoms with Crippen LogP contribution in [0.4, 0.5) is 0 Å². The minimum atomic E-state index is 0.0290. The first-order valence-electron chi connectivity index (χ1n) is 51.0. The van der Waals surface area contributed by atoms with Gasteiger partial charge in [-0.05, 0) is 305 Å². The smallest absolute Gasteiger partial charge is 0.122 e. The second-order valence-electron chi connectivity index (χ2n) is 43.4. The van der Waals surface area contributed by atoms with Gasteiger partial charge in [-0.25, -0.2) is 0 Å². The first-order valence-corrected chi connectivity index (χ1v) is 51.0. The number of hydrogen-bond donors (Lipinski definition) is 0. The minimum absolute atomic E-state index is 0.0290. The Hall–Kier alpha value is -5.92. The molecule has 0 N–H and O–H groups in total. The lowest BCUT2D eigenvalue weighted by molar-refractivity contribution is 0.0110. The number of benzene rings is 6. The number of hydrogen-bond acceptors (Lipinski definition) is 19. The van der Waals surface area contributed by atoms with Crippen LogP contribution in [-0.2, 0) is 120 Å². The summed E-state index contributed by atoms with van der Waals surface area (Å²) in [5.74, 6) is 14.1. The summed E-state index contributed by atoms with van der Waals surface area (Å²) < 4.78 is 107. The zero-order chi connectivity index (χ0) is 87.6. The van der Waals surface area contributed by atoms with Crippen LogP contribution in [0.2, 0.25) is 0 Å². The molecular weight excluding hydrogens is 1640 g/mol. The van der Waals surface area contributed by atoms with Gasteiger partial charge in [0.25, 0.3) is 0 Å². The molecule has 11 saturated carbocycles. The molecule has 32 unspecified atom stereocenters. The van der Waals surface area contributed by atoms with Crippen LogP contribution in [0.3, 0.4) is 0 Å². The number of ether oxygens (including phenoxy) is 19. The molecule has 32 atom stereocenters. The minimum Gasteiger partial charge on any atom is -0.493 e. The molecule has 29 rings (SSSR count). The molecule has 23 aliphatic rings. The van der Waals surface area contributed by atoms with Crippen LogP contribution in [0.1, 0.15) is 243 Å². The van der Waals surface area contributed by atoms with E-state index in [0.717, 1.165) is 180 Å². The molecule has 6 aromatic rings. The molecule has 22 fully saturated rings. The van der Waals surface area contributed by atoms with Crippen LogP contribution in [0.15, 0.2) is 140 Å². The predicted molar refractivity (Wildman–Crippen MR) is 490 cm³/mol. The van der Waals surface area contributed by atoms with E-state index in [4.69, 9.17) is 90.0 Å². The molecule has 4 bridgehead atoms. The van der Waals surface area contributed by atoms with Gasteiger partial charge < -0.3 is 90.0 Å². The molecular formula is C111H144O19. The fourth-order valence-electron chi connectivity index (χ4n) is 25.2. The molecule has 12 aliphatic carbocycles. The summed E-state index contributed by atoms with van der Waals surface area (Å²) in [5.41, 5.74) is 13.4. The lowest BCUT2D eigenvalue weighted by Crippen LogP contribution is -2.27. The molecule has 6 aromatic carbocycles. The topological polar surface area (TPSA) is 212 Å². The van der Waals surface area contributed by atoms with Gasteiger partial charge in [0.15, 0.2) is 0 Å². The summed E-state index contributed by atoms with van der Waals surface area (Å²) in [7, 11) is 3.39. The third kappa shape index (κ3) is 22.2. The maximum absolute atomic E-state index is 6.11. The van der Waals surface area contributed by atoms with Crippen molar-refractivity contribution in [1.29, 1.82) is 0 Å². The third-order valence-electron chi connectivity index (χ3n) is 34.0. The van der Waals surface area contributed by atoms with E-state index in [9.17, 15) is 0 Å². The SMILES string of the molecule is C1CC2CC1C1CC3OC3C21.C1CC2CC1C1CC3OC3C21.CC1(c2cccc(C3(C)CO3)c2)CC1.CC1CC2OC2CC1COc1cccc(OCC2CC3OC3CC2C)c1.COCc1cccc(COC)c1.c1cc(C2CO2)cc(C2CO2)c1.c1cc(COC2CCCC3OC23)cc(COC2CCCC3OC23)c1.c1cc(OCC2CO2)c2c(c1)C(OCC1CO1)CCC2. The van der Waals surface area contributed by atoms with Crippen molar-refractivity contribution in [3.05, 3.63) is 195 Å². The zero-order valence-corrected chi connectivity index (χ0v) is 77.9. The lowest BCUT2D eigenvalue weighted by Gasteiger charge is -2.27. The molecule has 11 aliphatic heterocycles. The fraction of sp³-hybridized carbons (Fsp3) is 0.676. The van der Waals surface area contributed by atoms with Crippen molar-refractivity contribution < 1.29 is 90.0 Å². The predicted octanol–water partition coefficient (Wildman–Crippen LogP) is 20.1. The van der Waals surface area contributed by atoms with Gasteiger partial charge in [-0.15, -0.1) is 0 Å². The highest BCUT2D eigenvalue weighted by molar-refractivity contribution is 5.44. The Morgan fingerprint density at radius 2 is 0.869 bits per heavy atom. The Labute approximate surface area is 771 Å². The van der Waals surface area contributed by atoms with E-state index < -0.39 is 0 Å². The Kier molecular flexibility index (Phi) is 27.0. The molecule has 0 spiro atoms. The fourth-order valence-corrected chi connectivity index (χ4v) is 25.2. The lowest BCUT2D eigenvalue weighted by atomic mass is 9.81. The Morgan fingerprint density at radius 3 is 1.38 bits per heavy atom. The molecule has 11 saturated heterocycles. The molecule has 130 heavy (non-hydrogen) atoms. The number of methoxy groups -OCH3 is 2. The van der Waals surface area contributed by atoms with Crippen LogP contribution in [0, 0.1) is 71.0 Å². The van der Waals surface area contributed by atoms with Gasteiger partial charge in [0, 0.05) is 20.3 Å². The van der Waals surface area contributed by atoms with Crippen molar-refractivity contribution in [2.75, 3.05) is 73.7 Å². The van der Waals surface area contributed by atoms with E-state index >= 15 is 0 Å². The van der Waals surface area contributed by atoms with E-state index in [0.29, 0.717) is 142 Å². The molecule has 0 amide bonds. The van der Waals surface area contributed by atoms with Crippen molar-refractivity contribution >= 4 is 0 Å². The first-order chi connectivity index (χ1) is 63.7. The third-order valence-corrected chi connectivity index (χ3v) is 34.0. The van der Waals surface area contributed by atoms with Crippen LogP contribution in [0.5, 0.6) is 17.2 Å². The standard InChI is InChI=1S/C22H30O4.C20H26O4.C16H20O4.C13H16O.C10H10O2.C10H14O2.2C10H14O/c1-13-6-19-21(25-19)8-15(13)11-23-17-4-3-5-18(10-17)24-12-16-9-22-20(26-22)7-14(16)2;1-4-13(11-21-15-6-2-8-17-19(15)23-17)10-14(5-1)12-22-16-7-3-9-18-20(16)24-18;1-3-13-14(15(5-1)19-9-11-7-17-11)4-2-6-16(13)20-10-12-8-18-12;1-12(6-7-12)10-4-3-5-11(8-10)13(2)9-14-13;1-2-7(9-5-11-9)4-8(3-1)10-6-12-10;1-11-7-9-4-3-5-10(6-9)8-12-2;2*1-2-6-3-5(1)7-4-8-10(11-8)9(6)7/h3-5,10,13-16,19-22H,6-9,11-12H2,1-2H3;1,4-5,10,15-20H,2-3,6-9,11-12H2;1,3,5,11-12,16H,2,4,6-10H2;3-5,8H,6-7,9H2,1-2H3;1-4,9-10H,5-6H2;3-6H,7-8H2,1-2H3;2*5-10H,1-4H2. The quantitative estimate of drug-likeness (QED) is 0.0462. The summed E-state index contributed by atoms with van der Waals surface area (Å²) in [6.45, 7) is 19.1. The molecule has 702 valence electrons. The van der Waals surface area contributed by atoms with E-state index in [2.05, 4.69) is 125 Å². The molecule has 0 aromatic heterocycles. The normalized spacial score (nSPS) is 39.9. The second kappa shape index (κ2) is 39.3. The van der Waals surface area contributed by atoms with Gasteiger partial charge in [0.05, 0.1) is 159 Å². The highest BCUT2D eigenvalue weighted by Crippen LogP contribution is 2.66. The van der Waals surface area contributed by atoms with Gasteiger partial charge >= 0.3 is 0 Å². The summed E-state index contributed by atoms with van der Waals surface area (Å²) >= 11 is 0. The van der Waals surface area contributed by atoms with Crippen molar-refractivity contribution in [2.45, 2.75) is 329 Å². The van der Waals surface area contributed by atoms with E-state index in [1.165, 1.54) is 133 Å². The maximum atomic E-state index is 6.11. The van der Waals surface area contributed by atoms with Gasteiger partial charge in [0.1, 0.15) is 66.1 Å². The Balaban J connectivity index is 0.0000000890. The average molecular weight is 1780 g/mol. The average Bonchev–Trinajstić information content (AvgIpc) is 1.55. The van der Waals surface area contributed by atoms with Gasteiger partial charge in [-0.1, -0.05) is 136 Å². The van der Waals surface area contributed by atoms with E-state index in [1.807, 2.05) is 42.5 Å². The van der Waals surface area contributed by atoms with Crippen molar-refractivity contribution in [3.63, 3.8) is 0 Å². The number of fused-ring (bicyclic) bond motifs is 19. The molecule has 19 nitrogen and oxygen atoms in total. The molecule has 11 heterocycles. The summed E-state index contributed by atoms with van der Waals surface area (Å²) in [4.78, 5) is 0. The molecule has 0 radical (unpaired) electrons. The largest absolute Gasteiger partial charge is 0.493 e. The zero-order valence-electron chi connectivity index (χ0n) is 77.9. The van der Waals surface area contributed by atoms with E-state index in [-0.39, 0.29) is 23.9 Å². The summed E-state index contributed by atoms with van der Waals surface area (Å²) in [5, 5.41) is 0. The first kappa shape index (κ1) is 89.3. The molecule has 19 heteroatoms. The van der Waals surface area contributed by atoms with Crippen LogP contribution in [0.25, 0.3) is 0 Å². The van der Waals surface area contributed by atoms with Crippen molar-refractivity contribution in [2.24, 2.45) is 71.0 Å². The second-order valence-corrected chi connectivity index (χ2v) is 43.4. The highest BCUT2D eigenvalue weighted by atomic mass is 16.6. The van der Waals surface area contributed by atoms with Gasteiger partial charge in [-0.2, -0.15) is 0 Å². The maximum Gasteiger partial charge on any atom is 0.122 e. The van der Waals surface area contributed by atoms with E-state index in [1.54, 1.807) is 39.9 Å². The van der Waals surface area contributed by atoms with Crippen molar-refractivity contribution in [1.82, 2.24) is 0 Å². The number of epoxide rings is 11. The highest BCUT2D eigenvalue weighted by Gasteiger charge is 2.66. The number of rotatable bonds is 26. The van der Waals surface area contributed by atoms with Crippen molar-refractivity contribution in [3.8, 4) is 17.2 Å². The summed E-state index contributed by atoms with van der Waals surface area (Å²) in [6.07, 6.45) is 38.8. The van der Waals surface area contributed by atoms with Gasteiger partial charge in [-0.3, -0.25) is 0 Å². The summed E-state index contributed by atoms with van der Waals surface area (Å²) in [6, 6.07) is 48.6. The van der Waals surface area contributed by atoms with Crippen LogP contribution in [-0.4, -0.2) is 171 Å². The Morgan fingerprint density at radius 1 is 0.385 bits per heavy atom. The van der Waals surface area contributed by atoms with Crippen LogP contribution < -0.4 is 14.2 Å². The Bertz CT molecular complexity index is 4540. The van der Waals surface area contributed by atoms with Gasteiger partial charge in [0.2, 0.25) is 0 Å². The monoisotopic (exact) mass is 1780 g/mol. The van der Waals surface area contributed by atoms with Crippen LogP contribution >= 0.6 is 0 Å².